The first-order valence-corrected chi connectivity index (χ1v) is 7.31. The monoisotopic (exact) mass is 284 g/mol. The molecule has 0 amide bonds. The van der Waals surface area contributed by atoms with Gasteiger partial charge in [0.2, 0.25) is 0 Å². The number of carbonyl (C=O) groups is 1. The number of fused-ring (bicyclic) bond motifs is 1. The third-order valence-electron chi connectivity index (χ3n) is 3.34. The summed E-state index contributed by atoms with van der Waals surface area (Å²) in [5.74, 6) is -0.237. The Hall–Kier alpha value is -1.87. The molecular formula is C17H13FOS. The normalized spacial score (nSPS) is 17.9. The van der Waals surface area contributed by atoms with Crippen molar-refractivity contribution in [2.75, 3.05) is 0 Å². The van der Waals surface area contributed by atoms with E-state index >= 15 is 0 Å². The number of halogens is 1. The minimum atomic E-state index is -0.237. The molecule has 0 aromatic heterocycles. The van der Waals surface area contributed by atoms with Crippen molar-refractivity contribution in [2.45, 2.75) is 16.6 Å². The summed E-state index contributed by atoms with van der Waals surface area (Å²) >= 11 is 1.72. The lowest BCUT2D eigenvalue weighted by atomic mass is 10.0. The van der Waals surface area contributed by atoms with Gasteiger partial charge in [-0.15, -0.1) is 11.8 Å². The van der Waals surface area contributed by atoms with E-state index in [1.54, 1.807) is 23.9 Å². The molecular weight excluding hydrogens is 271 g/mol. The molecule has 1 aliphatic rings. The summed E-state index contributed by atoms with van der Waals surface area (Å²) < 4.78 is 13.0. The maximum Gasteiger partial charge on any atom is 0.146 e. The van der Waals surface area contributed by atoms with Gasteiger partial charge in [0.25, 0.3) is 0 Å². The standard InChI is InChI=1S/C17H13FOS/c18-15-7-5-13(6-8-15)17-10-12(11-19)9-14-3-1-2-4-16(14)20-17/h1-9,11,17H,10H2. The average molecular weight is 284 g/mol. The summed E-state index contributed by atoms with van der Waals surface area (Å²) in [5.41, 5.74) is 2.89. The van der Waals surface area contributed by atoms with Gasteiger partial charge >= 0.3 is 0 Å². The van der Waals surface area contributed by atoms with Gasteiger partial charge in [-0.25, -0.2) is 4.39 Å². The zero-order valence-electron chi connectivity index (χ0n) is 10.8. The Labute approximate surface area is 121 Å². The van der Waals surface area contributed by atoms with E-state index < -0.39 is 0 Å². The summed E-state index contributed by atoms with van der Waals surface area (Å²) in [6, 6.07) is 14.6. The second kappa shape index (κ2) is 5.63. The lowest BCUT2D eigenvalue weighted by Gasteiger charge is -2.15. The molecule has 2 aromatic rings. The fraction of sp³-hybridized carbons (Fsp3) is 0.118. The molecule has 3 heteroatoms. The molecule has 1 nitrogen and oxygen atoms in total. The summed E-state index contributed by atoms with van der Waals surface area (Å²) in [7, 11) is 0. The van der Waals surface area contributed by atoms with E-state index in [2.05, 4.69) is 6.07 Å². The van der Waals surface area contributed by atoms with E-state index in [0.717, 1.165) is 27.9 Å². The highest BCUT2D eigenvalue weighted by molar-refractivity contribution is 7.99. The van der Waals surface area contributed by atoms with Gasteiger partial charge in [0.05, 0.1) is 0 Å². The van der Waals surface area contributed by atoms with Crippen molar-refractivity contribution in [1.29, 1.82) is 0 Å². The Bertz CT molecular complexity index is 661. The second-order valence-corrected chi connectivity index (χ2v) is 5.98. The molecule has 0 aliphatic carbocycles. The molecule has 1 aliphatic heterocycles. The molecule has 0 saturated heterocycles. The van der Waals surface area contributed by atoms with Gasteiger partial charge in [-0.2, -0.15) is 0 Å². The highest BCUT2D eigenvalue weighted by Gasteiger charge is 2.20. The van der Waals surface area contributed by atoms with Crippen LogP contribution in [-0.2, 0) is 4.79 Å². The fourth-order valence-corrected chi connectivity index (χ4v) is 3.62. The van der Waals surface area contributed by atoms with Crippen LogP contribution in [0.5, 0.6) is 0 Å². The third kappa shape index (κ3) is 2.68. The minimum Gasteiger partial charge on any atom is -0.298 e. The van der Waals surface area contributed by atoms with Crippen molar-refractivity contribution < 1.29 is 9.18 Å². The Morgan fingerprint density at radius 3 is 2.60 bits per heavy atom. The lowest BCUT2D eigenvalue weighted by molar-refractivity contribution is -0.105. The number of allylic oxidation sites excluding steroid dienone is 1. The first-order valence-electron chi connectivity index (χ1n) is 6.43. The van der Waals surface area contributed by atoms with E-state index in [0.29, 0.717) is 6.42 Å². The van der Waals surface area contributed by atoms with Crippen molar-refractivity contribution >= 4 is 24.1 Å². The molecule has 0 saturated carbocycles. The zero-order valence-corrected chi connectivity index (χ0v) is 11.6. The van der Waals surface area contributed by atoms with Gasteiger partial charge in [0.15, 0.2) is 0 Å². The van der Waals surface area contributed by atoms with E-state index in [4.69, 9.17) is 0 Å². The zero-order chi connectivity index (χ0) is 13.9. The van der Waals surface area contributed by atoms with Crippen molar-refractivity contribution in [3.63, 3.8) is 0 Å². The van der Waals surface area contributed by atoms with Crippen molar-refractivity contribution in [3.05, 3.63) is 71.0 Å². The number of aldehydes is 1. The maximum atomic E-state index is 13.0. The number of benzene rings is 2. The quantitative estimate of drug-likeness (QED) is 0.747. The predicted octanol–water partition coefficient (Wildman–Crippen LogP) is 4.65. The van der Waals surface area contributed by atoms with E-state index in [1.807, 2.05) is 24.3 Å². The molecule has 0 fully saturated rings. The van der Waals surface area contributed by atoms with Gasteiger partial charge in [-0.05, 0) is 47.4 Å². The highest BCUT2D eigenvalue weighted by Crippen LogP contribution is 2.43. The van der Waals surface area contributed by atoms with Crippen molar-refractivity contribution in [1.82, 2.24) is 0 Å². The lowest BCUT2D eigenvalue weighted by Crippen LogP contribution is -1.96. The largest absolute Gasteiger partial charge is 0.298 e. The van der Waals surface area contributed by atoms with Gasteiger partial charge < -0.3 is 0 Å². The Morgan fingerprint density at radius 2 is 1.85 bits per heavy atom. The van der Waals surface area contributed by atoms with Crippen molar-refractivity contribution in [2.24, 2.45) is 0 Å². The Morgan fingerprint density at radius 1 is 1.10 bits per heavy atom. The molecule has 2 aromatic carbocycles. The molecule has 3 rings (SSSR count). The highest BCUT2D eigenvalue weighted by atomic mass is 32.2. The van der Waals surface area contributed by atoms with Crippen LogP contribution in [0.15, 0.2) is 59.0 Å². The van der Waals surface area contributed by atoms with Crippen LogP contribution in [0.25, 0.3) is 6.08 Å². The van der Waals surface area contributed by atoms with Crippen LogP contribution < -0.4 is 0 Å². The van der Waals surface area contributed by atoms with Crippen molar-refractivity contribution in [3.8, 4) is 0 Å². The van der Waals surface area contributed by atoms with E-state index in [9.17, 15) is 9.18 Å². The molecule has 20 heavy (non-hydrogen) atoms. The molecule has 0 N–H and O–H groups in total. The van der Waals surface area contributed by atoms with Gasteiger partial charge in [-0.3, -0.25) is 4.79 Å². The molecule has 0 bridgehead atoms. The van der Waals surface area contributed by atoms with Crippen LogP contribution >= 0.6 is 11.8 Å². The van der Waals surface area contributed by atoms with E-state index in [1.165, 1.54) is 12.1 Å². The smallest absolute Gasteiger partial charge is 0.146 e. The topological polar surface area (TPSA) is 17.1 Å². The van der Waals surface area contributed by atoms with Crippen LogP contribution in [-0.4, -0.2) is 6.29 Å². The number of rotatable bonds is 2. The number of hydrogen-bond donors (Lipinski definition) is 0. The fourth-order valence-electron chi connectivity index (χ4n) is 2.32. The van der Waals surface area contributed by atoms with Crippen LogP contribution in [0.3, 0.4) is 0 Å². The molecule has 0 radical (unpaired) electrons. The predicted molar refractivity (Wildman–Crippen MR) is 80.1 cm³/mol. The Balaban J connectivity index is 2.01. The van der Waals surface area contributed by atoms with Gasteiger partial charge in [-0.1, -0.05) is 30.3 Å². The van der Waals surface area contributed by atoms with Gasteiger partial charge in [0.1, 0.15) is 12.1 Å². The molecule has 100 valence electrons. The Kier molecular flexibility index (Phi) is 3.70. The second-order valence-electron chi connectivity index (χ2n) is 4.74. The summed E-state index contributed by atoms with van der Waals surface area (Å²) in [5, 5.41) is 0.135. The number of thioether (sulfide) groups is 1. The minimum absolute atomic E-state index is 0.135. The van der Waals surface area contributed by atoms with Crippen LogP contribution in [0.2, 0.25) is 0 Å². The van der Waals surface area contributed by atoms with E-state index in [-0.39, 0.29) is 11.1 Å². The van der Waals surface area contributed by atoms with Crippen LogP contribution in [0.1, 0.15) is 22.8 Å². The SMILES string of the molecule is O=CC1=Cc2ccccc2SC(c2ccc(F)cc2)C1. The first kappa shape index (κ1) is 13.1. The van der Waals surface area contributed by atoms with Crippen LogP contribution in [0.4, 0.5) is 4.39 Å². The summed E-state index contributed by atoms with van der Waals surface area (Å²) in [6.07, 6.45) is 3.52. The average Bonchev–Trinajstić information content (AvgIpc) is 2.67. The number of carbonyl (C=O) groups excluding carboxylic acids is 1. The third-order valence-corrected chi connectivity index (χ3v) is 4.69. The number of hydrogen-bond acceptors (Lipinski definition) is 2. The molecule has 1 atom stereocenters. The summed E-state index contributed by atoms with van der Waals surface area (Å²) in [4.78, 5) is 12.4. The maximum absolute atomic E-state index is 13.0. The molecule has 0 spiro atoms. The summed E-state index contributed by atoms with van der Waals surface area (Å²) in [6.45, 7) is 0. The first-order chi connectivity index (χ1) is 9.76. The van der Waals surface area contributed by atoms with Crippen LogP contribution in [0, 0.1) is 5.82 Å². The molecule has 1 heterocycles. The molecule has 1 unspecified atom stereocenters. The van der Waals surface area contributed by atoms with Gasteiger partial charge in [0, 0.05) is 10.1 Å².